The number of nitrogens with one attached hydrogen (secondary N) is 1. The molecule has 5 heteroatoms. The molecular weight excluding hydrogens is 332 g/mol. The summed E-state index contributed by atoms with van der Waals surface area (Å²) in [5.41, 5.74) is 2.16. The highest BCUT2D eigenvalue weighted by Gasteiger charge is 2.20. The number of fused-ring (bicyclic) bond motifs is 1. The molecule has 0 spiro atoms. The molecule has 2 aromatic heterocycles. The molecule has 4 nitrogen and oxygen atoms in total. The number of carbonyl (C=O) groups excluding carboxylic acids is 1. The van der Waals surface area contributed by atoms with Gasteiger partial charge in [0.15, 0.2) is 5.76 Å². The average molecular weight is 352 g/mol. The van der Waals surface area contributed by atoms with Gasteiger partial charge in [0, 0.05) is 11.4 Å². The lowest BCUT2D eigenvalue weighted by molar-refractivity contribution is 0.0936. The average Bonchev–Trinajstić information content (AvgIpc) is 3.08. The highest BCUT2D eigenvalue weighted by molar-refractivity contribution is 7.99. The Labute approximate surface area is 151 Å². The number of pyridine rings is 1. The summed E-state index contributed by atoms with van der Waals surface area (Å²) in [5, 5.41) is 4.07. The first-order valence-corrected chi connectivity index (χ1v) is 9.71. The smallest absolute Gasteiger partial charge is 0.252 e. The van der Waals surface area contributed by atoms with Crippen molar-refractivity contribution in [3.63, 3.8) is 0 Å². The summed E-state index contributed by atoms with van der Waals surface area (Å²) in [6.45, 7) is 1.90. The zero-order chi connectivity index (χ0) is 17.2. The topological polar surface area (TPSA) is 55.1 Å². The second-order valence-electron chi connectivity index (χ2n) is 6.34. The van der Waals surface area contributed by atoms with Crippen molar-refractivity contribution in [1.82, 2.24) is 10.3 Å². The molecule has 3 heterocycles. The minimum absolute atomic E-state index is 0.0278. The number of rotatable bonds is 3. The van der Waals surface area contributed by atoms with E-state index in [1.807, 2.05) is 61.2 Å². The van der Waals surface area contributed by atoms with Crippen molar-refractivity contribution in [3.05, 3.63) is 53.8 Å². The molecule has 1 aliphatic rings. The largest absolute Gasteiger partial charge is 0.460 e. The van der Waals surface area contributed by atoms with Gasteiger partial charge in [0.05, 0.1) is 11.1 Å². The fourth-order valence-corrected chi connectivity index (χ4v) is 4.27. The highest BCUT2D eigenvalue weighted by atomic mass is 32.2. The summed E-state index contributed by atoms with van der Waals surface area (Å²) in [6.07, 6.45) is 2.06. The van der Waals surface area contributed by atoms with Crippen LogP contribution in [0.2, 0.25) is 0 Å². The molecule has 1 saturated heterocycles. The van der Waals surface area contributed by atoms with Crippen LogP contribution in [-0.4, -0.2) is 28.4 Å². The number of benzene rings is 1. The molecule has 1 aliphatic heterocycles. The van der Waals surface area contributed by atoms with Crippen LogP contribution in [-0.2, 0) is 0 Å². The SMILES string of the molecule is Cc1ccc(-c2cc(C(=O)NC3CCSCC3)c3ccccc3n2)o1. The number of hydrogen-bond acceptors (Lipinski definition) is 4. The molecule has 1 N–H and O–H groups in total. The van der Waals surface area contributed by atoms with Crippen LogP contribution in [0.3, 0.4) is 0 Å². The van der Waals surface area contributed by atoms with Crippen LogP contribution in [0.4, 0.5) is 0 Å². The molecule has 1 amide bonds. The number of carbonyl (C=O) groups is 1. The molecule has 0 aliphatic carbocycles. The minimum Gasteiger partial charge on any atom is -0.460 e. The first kappa shape index (κ1) is 16.2. The van der Waals surface area contributed by atoms with Gasteiger partial charge in [0.1, 0.15) is 11.5 Å². The van der Waals surface area contributed by atoms with E-state index >= 15 is 0 Å². The summed E-state index contributed by atoms with van der Waals surface area (Å²) in [6, 6.07) is 13.7. The van der Waals surface area contributed by atoms with Crippen molar-refractivity contribution in [3.8, 4) is 11.5 Å². The number of amides is 1. The van der Waals surface area contributed by atoms with E-state index in [-0.39, 0.29) is 11.9 Å². The van der Waals surface area contributed by atoms with Crippen molar-refractivity contribution in [2.24, 2.45) is 0 Å². The molecule has 4 rings (SSSR count). The van der Waals surface area contributed by atoms with Crippen LogP contribution in [0.15, 0.2) is 46.9 Å². The van der Waals surface area contributed by atoms with Crippen LogP contribution in [0.5, 0.6) is 0 Å². The predicted molar refractivity (Wildman–Crippen MR) is 102 cm³/mol. The molecule has 1 fully saturated rings. The number of furan rings is 1. The van der Waals surface area contributed by atoms with E-state index in [1.54, 1.807) is 0 Å². The number of nitrogens with zero attached hydrogens (tertiary/aromatic N) is 1. The Balaban J connectivity index is 1.74. The van der Waals surface area contributed by atoms with Crippen LogP contribution >= 0.6 is 11.8 Å². The first-order valence-electron chi connectivity index (χ1n) is 8.56. The normalized spacial score (nSPS) is 15.4. The van der Waals surface area contributed by atoms with E-state index in [1.165, 1.54) is 0 Å². The molecule has 128 valence electrons. The van der Waals surface area contributed by atoms with E-state index in [4.69, 9.17) is 4.42 Å². The second-order valence-corrected chi connectivity index (χ2v) is 7.57. The number of thioether (sulfide) groups is 1. The third-order valence-electron chi connectivity index (χ3n) is 4.51. The van der Waals surface area contributed by atoms with Gasteiger partial charge in [-0.3, -0.25) is 4.79 Å². The minimum atomic E-state index is -0.0278. The number of para-hydroxylation sites is 1. The van der Waals surface area contributed by atoms with Gasteiger partial charge in [0.25, 0.3) is 5.91 Å². The van der Waals surface area contributed by atoms with Gasteiger partial charge in [-0.2, -0.15) is 11.8 Å². The van der Waals surface area contributed by atoms with Crippen LogP contribution < -0.4 is 5.32 Å². The maximum Gasteiger partial charge on any atom is 0.252 e. The third-order valence-corrected chi connectivity index (χ3v) is 5.56. The van der Waals surface area contributed by atoms with Gasteiger partial charge in [-0.25, -0.2) is 4.98 Å². The molecule has 1 aromatic carbocycles. The number of aromatic nitrogens is 1. The fourth-order valence-electron chi connectivity index (χ4n) is 3.17. The Hall–Kier alpha value is -2.27. The predicted octanol–water partition coefficient (Wildman–Crippen LogP) is 4.43. The molecule has 0 bridgehead atoms. The molecule has 0 radical (unpaired) electrons. The van der Waals surface area contributed by atoms with Gasteiger partial charge in [-0.1, -0.05) is 18.2 Å². The maximum absolute atomic E-state index is 12.9. The summed E-state index contributed by atoms with van der Waals surface area (Å²) in [7, 11) is 0. The summed E-state index contributed by atoms with van der Waals surface area (Å²) < 4.78 is 5.71. The summed E-state index contributed by atoms with van der Waals surface area (Å²) in [5.74, 6) is 3.71. The van der Waals surface area contributed by atoms with E-state index in [0.717, 1.165) is 41.0 Å². The Morgan fingerprint density at radius 2 is 2.00 bits per heavy atom. The van der Waals surface area contributed by atoms with Crippen molar-refractivity contribution in [2.45, 2.75) is 25.8 Å². The Morgan fingerprint density at radius 3 is 2.76 bits per heavy atom. The molecule has 0 unspecified atom stereocenters. The van der Waals surface area contributed by atoms with Crippen molar-refractivity contribution >= 4 is 28.6 Å². The molecule has 0 atom stereocenters. The van der Waals surface area contributed by atoms with E-state index in [2.05, 4.69) is 10.3 Å². The van der Waals surface area contributed by atoms with Crippen molar-refractivity contribution < 1.29 is 9.21 Å². The zero-order valence-electron chi connectivity index (χ0n) is 14.1. The molecule has 3 aromatic rings. The lowest BCUT2D eigenvalue weighted by atomic mass is 10.0. The lowest BCUT2D eigenvalue weighted by Crippen LogP contribution is -2.37. The van der Waals surface area contributed by atoms with E-state index < -0.39 is 0 Å². The first-order chi connectivity index (χ1) is 12.2. The zero-order valence-corrected chi connectivity index (χ0v) is 14.9. The quantitative estimate of drug-likeness (QED) is 0.758. The fraction of sp³-hybridized carbons (Fsp3) is 0.300. The van der Waals surface area contributed by atoms with Gasteiger partial charge >= 0.3 is 0 Å². The van der Waals surface area contributed by atoms with Crippen molar-refractivity contribution in [2.75, 3.05) is 11.5 Å². The molecule has 0 saturated carbocycles. The Bertz CT molecular complexity index is 913. The van der Waals surface area contributed by atoms with E-state index in [9.17, 15) is 4.79 Å². The Kier molecular flexibility index (Phi) is 4.49. The van der Waals surface area contributed by atoms with E-state index in [0.29, 0.717) is 17.0 Å². The summed E-state index contributed by atoms with van der Waals surface area (Å²) >= 11 is 1.95. The standard InChI is InChI=1S/C20H20N2O2S/c1-13-6-7-19(24-13)18-12-16(15-4-2-3-5-17(15)22-18)20(23)21-14-8-10-25-11-9-14/h2-7,12,14H,8-11H2,1H3,(H,21,23). The van der Waals surface area contributed by atoms with Gasteiger partial charge in [0.2, 0.25) is 0 Å². The summed E-state index contributed by atoms with van der Waals surface area (Å²) in [4.78, 5) is 17.6. The van der Waals surface area contributed by atoms with Crippen LogP contribution in [0, 0.1) is 6.92 Å². The lowest BCUT2D eigenvalue weighted by Gasteiger charge is -2.23. The van der Waals surface area contributed by atoms with Crippen LogP contribution in [0.25, 0.3) is 22.4 Å². The maximum atomic E-state index is 12.9. The second kappa shape index (κ2) is 6.92. The third kappa shape index (κ3) is 3.42. The van der Waals surface area contributed by atoms with Crippen molar-refractivity contribution in [1.29, 1.82) is 0 Å². The van der Waals surface area contributed by atoms with Crippen LogP contribution in [0.1, 0.15) is 29.0 Å². The Morgan fingerprint density at radius 1 is 1.20 bits per heavy atom. The van der Waals surface area contributed by atoms with Gasteiger partial charge < -0.3 is 9.73 Å². The number of aryl methyl sites for hydroxylation is 1. The molecular formula is C20H20N2O2S. The van der Waals surface area contributed by atoms with Gasteiger partial charge in [-0.05, 0) is 55.5 Å². The highest BCUT2D eigenvalue weighted by Crippen LogP contribution is 2.26. The van der Waals surface area contributed by atoms with Gasteiger partial charge in [-0.15, -0.1) is 0 Å². The monoisotopic (exact) mass is 352 g/mol. The molecule has 25 heavy (non-hydrogen) atoms. The number of hydrogen-bond donors (Lipinski definition) is 1.